The largest absolute Gasteiger partial charge is 0.444 e. The fourth-order valence-electron chi connectivity index (χ4n) is 2.89. The molecular formula is C18H26F3N3O3. The molecule has 0 spiro atoms. The highest BCUT2D eigenvalue weighted by atomic mass is 19.4. The Hall–Kier alpha value is -2.03. The van der Waals surface area contributed by atoms with Gasteiger partial charge in [-0.05, 0) is 46.8 Å². The third-order valence-corrected chi connectivity index (χ3v) is 4.05. The number of carbonyl (C=O) groups excluding carboxylic acids is 1. The van der Waals surface area contributed by atoms with Crippen molar-refractivity contribution in [3.63, 3.8) is 0 Å². The minimum atomic E-state index is -4.45. The van der Waals surface area contributed by atoms with Crippen molar-refractivity contribution in [1.29, 1.82) is 0 Å². The van der Waals surface area contributed by atoms with Crippen LogP contribution in [0.15, 0.2) is 18.3 Å². The third kappa shape index (κ3) is 5.98. The topological polar surface area (TPSA) is 63.7 Å². The van der Waals surface area contributed by atoms with Crippen LogP contribution in [-0.2, 0) is 15.7 Å². The van der Waals surface area contributed by atoms with E-state index < -0.39 is 29.5 Å². The molecule has 0 radical (unpaired) electrons. The molecule has 6 nitrogen and oxygen atoms in total. The van der Waals surface area contributed by atoms with Crippen LogP contribution in [-0.4, -0.2) is 52.9 Å². The Balaban J connectivity index is 2.12. The molecule has 0 unspecified atom stereocenters. The summed E-state index contributed by atoms with van der Waals surface area (Å²) in [6.45, 7) is 9.52. The average molecular weight is 389 g/mol. The molecule has 1 amide bonds. The number of aromatic nitrogens is 1. The van der Waals surface area contributed by atoms with Gasteiger partial charge in [0.1, 0.15) is 11.4 Å². The Kier molecular flexibility index (Phi) is 6.24. The number of anilines is 1. The van der Waals surface area contributed by atoms with E-state index in [9.17, 15) is 18.0 Å². The number of amides is 1. The lowest BCUT2D eigenvalue weighted by molar-refractivity contribution is -0.137. The van der Waals surface area contributed by atoms with Crippen LogP contribution in [0.3, 0.4) is 0 Å². The van der Waals surface area contributed by atoms with Crippen molar-refractivity contribution in [1.82, 2.24) is 9.88 Å². The lowest BCUT2D eigenvalue weighted by atomic mass is 10.1. The van der Waals surface area contributed by atoms with Crippen molar-refractivity contribution in [2.24, 2.45) is 0 Å². The predicted octanol–water partition coefficient (Wildman–Crippen LogP) is 3.93. The number of nitrogens with zero attached hydrogens (tertiary/aromatic N) is 2. The van der Waals surface area contributed by atoms with Crippen LogP contribution in [0.25, 0.3) is 0 Å². The molecule has 1 aromatic heterocycles. The molecule has 0 saturated carbocycles. The first-order valence-corrected chi connectivity index (χ1v) is 8.79. The summed E-state index contributed by atoms with van der Waals surface area (Å²) in [6, 6.07) is 1.44. The highest BCUT2D eigenvalue weighted by Gasteiger charge is 2.38. The lowest BCUT2D eigenvalue weighted by Gasteiger charge is -2.43. The molecule has 0 aliphatic carbocycles. The summed E-state index contributed by atoms with van der Waals surface area (Å²) in [4.78, 5) is 18.0. The van der Waals surface area contributed by atoms with E-state index in [0.29, 0.717) is 6.54 Å². The van der Waals surface area contributed by atoms with Gasteiger partial charge >= 0.3 is 12.3 Å². The molecular weight excluding hydrogens is 363 g/mol. The van der Waals surface area contributed by atoms with Gasteiger partial charge in [-0.3, -0.25) is 4.90 Å². The number of alkyl halides is 3. The number of hydrogen-bond acceptors (Lipinski definition) is 5. The summed E-state index contributed by atoms with van der Waals surface area (Å²) in [5.41, 5.74) is -1.44. The molecule has 1 fully saturated rings. The molecule has 2 rings (SSSR count). The summed E-state index contributed by atoms with van der Waals surface area (Å²) >= 11 is 0. The van der Waals surface area contributed by atoms with Crippen LogP contribution in [0.1, 0.15) is 40.2 Å². The monoisotopic (exact) mass is 389 g/mol. The van der Waals surface area contributed by atoms with Gasteiger partial charge in [0.15, 0.2) is 0 Å². The van der Waals surface area contributed by atoms with Gasteiger partial charge in [-0.15, -0.1) is 0 Å². The van der Waals surface area contributed by atoms with Gasteiger partial charge in [-0.2, -0.15) is 13.2 Å². The van der Waals surface area contributed by atoms with Crippen LogP contribution < -0.4 is 5.32 Å². The number of nitrogens with one attached hydrogen (secondary N) is 1. The van der Waals surface area contributed by atoms with Crippen molar-refractivity contribution in [3.8, 4) is 0 Å². The summed E-state index contributed by atoms with van der Waals surface area (Å²) < 4.78 is 49.8. The molecule has 3 atom stereocenters. The van der Waals surface area contributed by atoms with E-state index in [1.54, 1.807) is 25.7 Å². The van der Waals surface area contributed by atoms with Crippen molar-refractivity contribution in [3.05, 3.63) is 23.9 Å². The van der Waals surface area contributed by atoms with E-state index in [1.807, 2.05) is 13.8 Å². The third-order valence-electron chi connectivity index (χ3n) is 4.05. The summed E-state index contributed by atoms with van der Waals surface area (Å²) in [5.74, 6) is 0.0831. The smallest absolute Gasteiger partial charge is 0.416 e. The molecule has 1 aliphatic rings. The van der Waals surface area contributed by atoms with Gasteiger partial charge in [-0.1, -0.05) is 0 Å². The van der Waals surface area contributed by atoms with Gasteiger partial charge in [0.05, 0.1) is 30.4 Å². The molecule has 2 heterocycles. The number of ether oxygens (including phenoxy) is 2. The molecule has 0 bridgehead atoms. The van der Waals surface area contributed by atoms with Crippen LogP contribution in [0, 0.1) is 0 Å². The SMILES string of the molecule is C[C@@H]1CN(C(=O)OC(C)(C)C)[C@H](CNc2cc(C(F)(F)F)ccn2)[C@H](C)O1. The lowest BCUT2D eigenvalue weighted by Crippen LogP contribution is -2.58. The van der Waals surface area contributed by atoms with E-state index in [4.69, 9.17) is 9.47 Å². The highest BCUT2D eigenvalue weighted by molar-refractivity contribution is 5.69. The molecule has 1 N–H and O–H groups in total. The number of morpholine rings is 1. The van der Waals surface area contributed by atoms with Gasteiger partial charge in [0, 0.05) is 12.7 Å². The summed E-state index contributed by atoms with van der Waals surface area (Å²) in [6.07, 6.45) is -4.32. The van der Waals surface area contributed by atoms with Gasteiger partial charge in [0.25, 0.3) is 0 Å². The van der Waals surface area contributed by atoms with Crippen LogP contribution in [0.2, 0.25) is 0 Å². The Morgan fingerprint density at radius 2 is 2.04 bits per heavy atom. The van der Waals surface area contributed by atoms with Crippen molar-refractivity contribution in [2.45, 2.75) is 64.6 Å². The van der Waals surface area contributed by atoms with Crippen molar-refractivity contribution >= 4 is 11.9 Å². The molecule has 9 heteroatoms. The molecule has 152 valence electrons. The number of halogens is 3. The second-order valence-electron chi connectivity index (χ2n) is 7.66. The van der Waals surface area contributed by atoms with E-state index in [1.165, 1.54) is 0 Å². The average Bonchev–Trinajstić information content (AvgIpc) is 2.51. The second-order valence-corrected chi connectivity index (χ2v) is 7.66. The van der Waals surface area contributed by atoms with Gasteiger partial charge in [0.2, 0.25) is 0 Å². The van der Waals surface area contributed by atoms with E-state index in [2.05, 4.69) is 10.3 Å². The predicted molar refractivity (Wildman–Crippen MR) is 94.5 cm³/mol. The van der Waals surface area contributed by atoms with Crippen LogP contribution in [0.4, 0.5) is 23.8 Å². The maximum absolute atomic E-state index is 12.8. The molecule has 1 aromatic rings. The zero-order valence-electron chi connectivity index (χ0n) is 16.1. The fourth-order valence-corrected chi connectivity index (χ4v) is 2.89. The van der Waals surface area contributed by atoms with E-state index >= 15 is 0 Å². The van der Waals surface area contributed by atoms with Crippen LogP contribution >= 0.6 is 0 Å². The number of hydrogen-bond donors (Lipinski definition) is 1. The Bertz CT molecular complexity index is 661. The maximum Gasteiger partial charge on any atom is 0.416 e. The second kappa shape index (κ2) is 7.92. The van der Waals surface area contributed by atoms with E-state index in [-0.39, 0.29) is 24.6 Å². The number of carbonyl (C=O) groups is 1. The first-order valence-electron chi connectivity index (χ1n) is 8.79. The molecule has 27 heavy (non-hydrogen) atoms. The molecule has 1 aliphatic heterocycles. The normalized spacial score (nSPS) is 23.9. The maximum atomic E-state index is 12.8. The number of pyridine rings is 1. The number of rotatable bonds is 3. The Morgan fingerprint density at radius 3 is 2.63 bits per heavy atom. The Labute approximate surface area is 157 Å². The van der Waals surface area contributed by atoms with Crippen LogP contribution in [0.5, 0.6) is 0 Å². The van der Waals surface area contributed by atoms with E-state index in [0.717, 1.165) is 18.3 Å². The summed E-state index contributed by atoms with van der Waals surface area (Å²) in [5, 5.41) is 2.88. The highest BCUT2D eigenvalue weighted by Crippen LogP contribution is 2.30. The molecule has 0 aromatic carbocycles. The minimum absolute atomic E-state index is 0.0831. The first-order chi connectivity index (χ1) is 12.4. The standard InChI is InChI=1S/C18H26F3N3O3/c1-11-10-24(16(25)27-17(3,4)5)14(12(2)26-11)9-23-15-8-13(6-7-22-15)18(19,20)21/h6-8,11-12,14H,9-10H2,1-5H3,(H,22,23)/t11-,12+,14-/m1/s1. The zero-order valence-corrected chi connectivity index (χ0v) is 16.1. The van der Waals surface area contributed by atoms with Crippen molar-refractivity contribution in [2.75, 3.05) is 18.4 Å². The van der Waals surface area contributed by atoms with Gasteiger partial charge in [-0.25, -0.2) is 9.78 Å². The quantitative estimate of drug-likeness (QED) is 0.849. The Morgan fingerprint density at radius 1 is 1.37 bits per heavy atom. The first kappa shape index (κ1) is 21.3. The van der Waals surface area contributed by atoms with Crippen molar-refractivity contribution < 1.29 is 27.4 Å². The molecule has 1 saturated heterocycles. The zero-order chi connectivity index (χ0) is 20.4. The minimum Gasteiger partial charge on any atom is -0.444 e. The fraction of sp³-hybridized carbons (Fsp3) is 0.667. The summed E-state index contributed by atoms with van der Waals surface area (Å²) in [7, 11) is 0. The van der Waals surface area contributed by atoms with Gasteiger partial charge < -0.3 is 14.8 Å².